The lowest BCUT2D eigenvalue weighted by Gasteiger charge is -2.15. The second-order valence-electron chi connectivity index (χ2n) is 8.22. The van der Waals surface area contributed by atoms with Gasteiger partial charge in [-0.05, 0) is 24.6 Å². The van der Waals surface area contributed by atoms with Gasteiger partial charge in [-0.1, -0.05) is 78.3 Å². The molecule has 0 aliphatic heterocycles. The highest BCUT2D eigenvalue weighted by molar-refractivity contribution is 7.26. The Morgan fingerprint density at radius 3 is 1.92 bits per heavy atom. The number of thiophene rings is 2. The molecule has 0 radical (unpaired) electrons. The zero-order valence-electron chi connectivity index (χ0n) is 19.2. The van der Waals surface area contributed by atoms with Gasteiger partial charge >= 0.3 is 0 Å². The third kappa shape index (κ3) is 4.26. The SMILES string of the molecule is C[C@@H](Nc1ncnc2c1sc1ccccc12)c1ccccc1.Clc1ncnc2c1sc1ccccc12. The molecule has 7 aromatic rings. The number of hydrogen-bond acceptors (Lipinski definition) is 7. The van der Waals surface area contributed by atoms with Crippen molar-refractivity contribution in [1.29, 1.82) is 0 Å². The molecule has 4 heterocycles. The fourth-order valence-corrected chi connectivity index (χ4v) is 6.55. The van der Waals surface area contributed by atoms with Crippen LogP contribution in [0.2, 0.25) is 5.15 Å². The van der Waals surface area contributed by atoms with E-state index in [1.54, 1.807) is 29.0 Å². The molecule has 0 spiro atoms. The summed E-state index contributed by atoms with van der Waals surface area (Å²) >= 11 is 9.36. The molecule has 0 unspecified atom stereocenters. The Bertz CT molecular complexity index is 1810. The van der Waals surface area contributed by atoms with Crippen LogP contribution in [0.5, 0.6) is 0 Å². The molecule has 7 rings (SSSR count). The van der Waals surface area contributed by atoms with E-state index in [-0.39, 0.29) is 6.04 Å². The Morgan fingerprint density at radius 2 is 1.22 bits per heavy atom. The maximum Gasteiger partial charge on any atom is 0.150 e. The number of fused-ring (bicyclic) bond motifs is 6. The molecule has 0 saturated carbocycles. The lowest BCUT2D eigenvalue weighted by atomic mass is 10.1. The predicted molar refractivity (Wildman–Crippen MR) is 153 cm³/mol. The molecule has 5 nitrogen and oxygen atoms in total. The Kier molecular flexibility index (Phi) is 6.19. The van der Waals surface area contributed by atoms with Crippen LogP contribution < -0.4 is 5.32 Å². The molecule has 3 aromatic carbocycles. The number of benzene rings is 3. The molecule has 0 saturated heterocycles. The summed E-state index contributed by atoms with van der Waals surface area (Å²) in [6, 6.07) is 27.1. The number of nitrogens with zero attached hydrogens (tertiary/aromatic N) is 4. The van der Waals surface area contributed by atoms with Gasteiger partial charge < -0.3 is 5.32 Å². The van der Waals surface area contributed by atoms with E-state index in [1.165, 1.54) is 26.7 Å². The van der Waals surface area contributed by atoms with Crippen LogP contribution in [0.1, 0.15) is 18.5 Å². The number of hydrogen-bond donors (Lipinski definition) is 1. The van der Waals surface area contributed by atoms with E-state index < -0.39 is 0 Å². The maximum absolute atomic E-state index is 5.99. The summed E-state index contributed by atoms with van der Waals surface area (Å²) in [6.45, 7) is 2.15. The molecule has 176 valence electrons. The second-order valence-corrected chi connectivity index (χ2v) is 10.7. The van der Waals surface area contributed by atoms with Crippen molar-refractivity contribution in [1.82, 2.24) is 19.9 Å². The van der Waals surface area contributed by atoms with Gasteiger partial charge in [-0.2, -0.15) is 0 Å². The van der Waals surface area contributed by atoms with Gasteiger partial charge in [0.05, 0.1) is 20.4 Å². The lowest BCUT2D eigenvalue weighted by Crippen LogP contribution is -2.07. The van der Waals surface area contributed by atoms with Gasteiger partial charge in [0.15, 0.2) is 0 Å². The Balaban J connectivity index is 0.000000147. The topological polar surface area (TPSA) is 63.6 Å². The number of aromatic nitrogens is 4. The first-order chi connectivity index (χ1) is 17.7. The summed E-state index contributed by atoms with van der Waals surface area (Å²) in [7, 11) is 0. The summed E-state index contributed by atoms with van der Waals surface area (Å²) in [5.74, 6) is 0.905. The van der Waals surface area contributed by atoms with Gasteiger partial charge in [0, 0.05) is 26.2 Å². The highest BCUT2D eigenvalue weighted by Gasteiger charge is 2.13. The standard InChI is InChI=1S/C18H15N3S.C10H5ClN2S/c1-12(13-7-3-2-4-8-13)21-18-17-16(19-11-20-18)14-9-5-6-10-15(14)22-17;11-10-9-8(12-5-13-10)6-3-1-2-4-7(6)14-9/h2-12H,1H3,(H,19,20,21);1-5H/t12-;/m1./s1. The Hall–Kier alpha value is -3.65. The molecule has 36 heavy (non-hydrogen) atoms. The zero-order valence-corrected chi connectivity index (χ0v) is 21.6. The van der Waals surface area contributed by atoms with Gasteiger partial charge in [0.2, 0.25) is 0 Å². The molecule has 0 amide bonds. The summed E-state index contributed by atoms with van der Waals surface area (Å²) < 4.78 is 4.53. The minimum absolute atomic E-state index is 0.199. The van der Waals surface area contributed by atoms with Crippen LogP contribution in [-0.2, 0) is 0 Å². The largest absolute Gasteiger partial charge is 0.362 e. The Morgan fingerprint density at radius 1 is 0.667 bits per heavy atom. The van der Waals surface area contributed by atoms with Crippen LogP contribution in [-0.4, -0.2) is 19.9 Å². The van der Waals surface area contributed by atoms with Crippen LogP contribution >= 0.6 is 34.3 Å². The fraction of sp³-hybridized carbons (Fsp3) is 0.0714. The fourth-order valence-electron chi connectivity index (χ4n) is 4.15. The smallest absolute Gasteiger partial charge is 0.150 e. The molecule has 0 bridgehead atoms. The predicted octanol–water partition coefficient (Wildman–Crippen LogP) is 8.52. The highest BCUT2D eigenvalue weighted by atomic mass is 35.5. The number of halogens is 1. The van der Waals surface area contributed by atoms with Crippen molar-refractivity contribution < 1.29 is 0 Å². The number of anilines is 1. The lowest BCUT2D eigenvalue weighted by molar-refractivity contribution is 0.876. The first kappa shape index (κ1) is 22.8. The van der Waals surface area contributed by atoms with Gasteiger partial charge in [-0.3, -0.25) is 0 Å². The summed E-state index contributed by atoms with van der Waals surface area (Å²) in [5, 5.41) is 6.40. The van der Waals surface area contributed by atoms with Crippen molar-refractivity contribution in [3.05, 3.63) is 102 Å². The molecule has 4 aromatic heterocycles. The van der Waals surface area contributed by atoms with Crippen LogP contribution in [0.25, 0.3) is 40.6 Å². The average molecular weight is 526 g/mol. The molecular formula is C28H20ClN5S2. The van der Waals surface area contributed by atoms with Crippen molar-refractivity contribution in [3.63, 3.8) is 0 Å². The summed E-state index contributed by atoms with van der Waals surface area (Å²) in [6.07, 6.45) is 3.14. The summed E-state index contributed by atoms with van der Waals surface area (Å²) in [4.78, 5) is 17.1. The zero-order chi connectivity index (χ0) is 24.5. The van der Waals surface area contributed by atoms with Crippen molar-refractivity contribution in [2.45, 2.75) is 13.0 Å². The highest BCUT2D eigenvalue weighted by Crippen LogP contribution is 2.37. The first-order valence-corrected chi connectivity index (χ1v) is 13.4. The third-order valence-electron chi connectivity index (χ3n) is 5.93. The molecule has 0 fully saturated rings. The van der Waals surface area contributed by atoms with Crippen LogP contribution in [0.15, 0.2) is 91.5 Å². The van der Waals surface area contributed by atoms with Gasteiger partial charge in [-0.25, -0.2) is 19.9 Å². The van der Waals surface area contributed by atoms with Crippen molar-refractivity contribution in [3.8, 4) is 0 Å². The molecule has 1 atom stereocenters. The first-order valence-electron chi connectivity index (χ1n) is 11.4. The monoisotopic (exact) mass is 525 g/mol. The normalized spacial score (nSPS) is 12.1. The second kappa shape index (κ2) is 9.78. The number of rotatable bonds is 3. The van der Waals surface area contributed by atoms with E-state index >= 15 is 0 Å². The molecular weight excluding hydrogens is 506 g/mol. The van der Waals surface area contributed by atoms with E-state index in [2.05, 4.69) is 92.8 Å². The minimum Gasteiger partial charge on any atom is -0.362 e. The van der Waals surface area contributed by atoms with E-state index in [9.17, 15) is 0 Å². The van der Waals surface area contributed by atoms with Crippen LogP contribution in [0.3, 0.4) is 0 Å². The van der Waals surface area contributed by atoms with Crippen molar-refractivity contribution >= 4 is 80.7 Å². The van der Waals surface area contributed by atoms with Crippen LogP contribution in [0.4, 0.5) is 5.82 Å². The average Bonchev–Trinajstić information content (AvgIpc) is 3.50. The maximum atomic E-state index is 5.99. The van der Waals surface area contributed by atoms with Gasteiger partial charge in [0.1, 0.15) is 23.6 Å². The van der Waals surface area contributed by atoms with Crippen molar-refractivity contribution in [2.75, 3.05) is 5.32 Å². The molecule has 0 aliphatic rings. The minimum atomic E-state index is 0.199. The molecule has 8 heteroatoms. The quantitative estimate of drug-likeness (QED) is 0.234. The van der Waals surface area contributed by atoms with E-state index in [4.69, 9.17) is 11.6 Å². The number of nitrogens with one attached hydrogen (secondary N) is 1. The Labute approximate surface area is 220 Å². The molecule has 0 aliphatic carbocycles. The van der Waals surface area contributed by atoms with Gasteiger partial charge in [-0.15, -0.1) is 22.7 Å². The van der Waals surface area contributed by atoms with Crippen molar-refractivity contribution in [2.24, 2.45) is 0 Å². The summed E-state index contributed by atoms with van der Waals surface area (Å²) in [5.41, 5.74) is 3.22. The van der Waals surface area contributed by atoms with E-state index in [0.717, 1.165) is 31.6 Å². The van der Waals surface area contributed by atoms with E-state index in [1.807, 2.05) is 18.2 Å². The van der Waals surface area contributed by atoms with Gasteiger partial charge in [0.25, 0.3) is 0 Å². The van der Waals surface area contributed by atoms with E-state index in [0.29, 0.717) is 5.15 Å². The third-order valence-corrected chi connectivity index (χ3v) is 8.66. The molecule has 1 N–H and O–H groups in total. The van der Waals surface area contributed by atoms with Crippen LogP contribution in [0, 0.1) is 0 Å².